The molecule has 29 heavy (non-hydrogen) atoms. The van der Waals surface area contributed by atoms with Crippen LogP contribution in [0.15, 0.2) is 42.0 Å². The number of carbonyl (C=O) groups is 2. The molecule has 1 aliphatic carbocycles. The SMILES string of the molecule is CCOC(=O)/C=C/c1cc2c(s1)C(=O)Cc1ccccc1C2=C1CCN(C)CC1. The monoisotopic (exact) mass is 407 g/mol. The Balaban J connectivity index is 1.83. The lowest BCUT2D eigenvalue weighted by Gasteiger charge is -2.27. The van der Waals surface area contributed by atoms with Gasteiger partial charge in [0.25, 0.3) is 0 Å². The minimum absolute atomic E-state index is 0.150. The molecule has 1 aromatic heterocycles. The first-order valence-corrected chi connectivity index (χ1v) is 10.9. The maximum atomic E-state index is 13.1. The number of benzene rings is 1. The number of rotatable bonds is 3. The second-order valence-corrected chi connectivity index (χ2v) is 8.60. The summed E-state index contributed by atoms with van der Waals surface area (Å²) in [6, 6.07) is 10.3. The molecule has 5 heteroatoms. The van der Waals surface area contributed by atoms with Crippen molar-refractivity contribution >= 4 is 34.7 Å². The third-order valence-electron chi connectivity index (χ3n) is 5.53. The van der Waals surface area contributed by atoms with Gasteiger partial charge in [0.1, 0.15) is 0 Å². The Morgan fingerprint density at radius 2 is 1.97 bits per heavy atom. The van der Waals surface area contributed by atoms with Gasteiger partial charge in [-0.3, -0.25) is 4.79 Å². The number of fused-ring (bicyclic) bond motifs is 2. The van der Waals surface area contributed by atoms with Crippen molar-refractivity contribution < 1.29 is 14.3 Å². The molecule has 1 fully saturated rings. The summed E-state index contributed by atoms with van der Waals surface area (Å²) in [4.78, 5) is 28.8. The smallest absolute Gasteiger partial charge is 0.330 e. The number of esters is 1. The van der Waals surface area contributed by atoms with Crippen LogP contribution in [0.4, 0.5) is 0 Å². The number of Topliss-reactive ketones (excluding diaryl/α,β-unsaturated/α-hetero) is 1. The zero-order valence-electron chi connectivity index (χ0n) is 16.9. The first-order chi connectivity index (χ1) is 14.1. The molecule has 0 spiro atoms. The van der Waals surface area contributed by atoms with Crippen LogP contribution in [-0.2, 0) is 16.0 Å². The molecule has 1 aliphatic heterocycles. The predicted octanol–water partition coefficient (Wildman–Crippen LogP) is 4.59. The van der Waals surface area contributed by atoms with E-state index in [9.17, 15) is 9.59 Å². The van der Waals surface area contributed by atoms with Gasteiger partial charge in [0.15, 0.2) is 5.78 Å². The first-order valence-electron chi connectivity index (χ1n) is 10.1. The molecular weight excluding hydrogens is 382 g/mol. The summed E-state index contributed by atoms with van der Waals surface area (Å²) in [5.41, 5.74) is 5.95. The van der Waals surface area contributed by atoms with Crippen LogP contribution in [-0.4, -0.2) is 43.4 Å². The van der Waals surface area contributed by atoms with Crippen LogP contribution in [0.1, 0.15) is 51.0 Å². The van der Waals surface area contributed by atoms with Gasteiger partial charge in [-0.05, 0) is 55.7 Å². The number of nitrogens with zero attached hydrogens (tertiary/aromatic N) is 1. The second-order valence-electron chi connectivity index (χ2n) is 7.52. The zero-order chi connectivity index (χ0) is 20.4. The van der Waals surface area contributed by atoms with Crippen LogP contribution in [0, 0.1) is 0 Å². The van der Waals surface area contributed by atoms with Crippen molar-refractivity contribution in [1.29, 1.82) is 0 Å². The Morgan fingerprint density at radius 1 is 1.21 bits per heavy atom. The Bertz CT molecular complexity index is 1000. The van der Waals surface area contributed by atoms with Gasteiger partial charge in [-0.2, -0.15) is 0 Å². The number of hydrogen-bond donors (Lipinski definition) is 0. The average Bonchev–Trinajstić information content (AvgIpc) is 3.09. The van der Waals surface area contributed by atoms with Crippen molar-refractivity contribution in [3.05, 3.63) is 68.4 Å². The van der Waals surface area contributed by atoms with E-state index < -0.39 is 0 Å². The van der Waals surface area contributed by atoms with Gasteiger partial charge in [-0.1, -0.05) is 29.8 Å². The first kappa shape index (κ1) is 19.8. The Labute approximate surface area is 175 Å². The largest absolute Gasteiger partial charge is 0.463 e. The topological polar surface area (TPSA) is 46.6 Å². The van der Waals surface area contributed by atoms with Crippen LogP contribution >= 0.6 is 11.3 Å². The fourth-order valence-electron chi connectivity index (χ4n) is 4.06. The molecule has 0 N–H and O–H groups in total. The molecule has 0 amide bonds. The summed E-state index contributed by atoms with van der Waals surface area (Å²) in [5.74, 6) is -0.210. The number of hydrogen-bond acceptors (Lipinski definition) is 5. The number of ketones is 1. The van der Waals surface area contributed by atoms with Crippen molar-refractivity contribution in [2.24, 2.45) is 0 Å². The van der Waals surface area contributed by atoms with Gasteiger partial charge in [0.2, 0.25) is 0 Å². The molecule has 150 valence electrons. The van der Waals surface area contributed by atoms with E-state index in [1.807, 2.05) is 6.07 Å². The van der Waals surface area contributed by atoms with Gasteiger partial charge in [0, 0.05) is 36.0 Å². The second kappa shape index (κ2) is 8.47. The van der Waals surface area contributed by atoms with Crippen molar-refractivity contribution in [2.75, 3.05) is 26.7 Å². The maximum absolute atomic E-state index is 13.1. The molecule has 2 aliphatic rings. The van der Waals surface area contributed by atoms with Crippen molar-refractivity contribution in [3.8, 4) is 0 Å². The molecule has 0 atom stereocenters. The van der Waals surface area contributed by atoms with E-state index in [0.29, 0.717) is 13.0 Å². The van der Waals surface area contributed by atoms with E-state index in [1.165, 1.54) is 34.1 Å². The van der Waals surface area contributed by atoms with Crippen molar-refractivity contribution in [2.45, 2.75) is 26.2 Å². The molecule has 0 unspecified atom stereocenters. The molecule has 2 aromatic rings. The highest BCUT2D eigenvalue weighted by Gasteiger charge is 2.28. The summed E-state index contributed by atoms with van der Waals surface area (Å²) in [6.45, 7) is 4.20. The fraction of sp³-hybridized carbons (Fsp3) is 0.333. The maximum Gasteiger partial charge on any atom is 0.330 e. The zero-order valence-corrected chi connectivity index (χ0v) is 17.7. The van der Waals surface area contributed by atoms with Crippen molar-refractivity contribution in [3.63, 3.8) is 0 Å². The Hall–Kier alpha value is -2.50. The summed E-state index contributed by atoms with van der Waals surface area (Å²) in [5, 5.41) is 0. The lowest BCUT2D eigenvalue weighted by atomic mass is 9.87. The number of piperidine rings is 1. The molecular formula is C24H25NO3S. The van der Waals surface area contributed by atoms with Gasteiger partial charge < -0.3 is 9.64 Å². The number of ether oxygens (including phenoxy) is 1. The lowest BCUT2D eigenvalue weighted by Crippen LogP contribution is -2.27. The molecule has 0 bridgehead atoms. The summed E-state index contributed by atoms with van der Waals surface area (Å²) < 4.78 is 4.98. The summed E-state index contributed by atoms with van der Waals surface area (Å²) >= 11 is 1.47. The standard InChI is InChI=1S/C24H25NO3S/c1-3-28-22(27)9-8-18-15-20-23(16-10-12-25(2)13-11-16)19-7-5-4-6-17(19)14-21(26)24(20)29-18/h4-9,15H,3,10-14H2,1-2H3/b9-8+. The molecule has 4 nitrogen and oxygen atoms in total. The van der Waals surface area contributed by atoms with Gasteiger partial charge in [-0.25, -0.2) is 4.79 Å². The number of likely N-dealkylation sites (tertiary alicyclic amines) is 1. The number of thiophene rings is 1. The van der Waals surface area contributed by atoms with E-state index in [4.69, 9.17) is 4.74 Å². The average molecular weight is 408 g/mol. The molecule has 2 heterocycles. The Kier molecular flexibility index (Phi) is 5.79. The predicted molar refractivity (Wildman–Crippen MR) is 117 cm³/mol. The third-order valence-corrected chi connectivity index (χ3v) is 6.67. The van der Waals surface area contributed by atoms with E-state index in [2.05, 4.69) is 36.2 Å². The van der Waals surface area contributed by atoms with Gasteiger partial charge in [-0.15, -0.1) is 11.3 Å². The van der Waals surface area contributed by atoms with Gasteiger partial charge in [0.05, 0.1) is 11.5 Å². The molecule has 4 rings (SSSR count). The van der Waals surface area contributed by atoms with Crippen LogP contribution in [0.5, 0.6) is 0 Å². The normalized spacial score (nSPS) is 17.2. The van der Waals surface area contributed by atoms with Crippen molar-refractivity contribution in [1.82, 2.24) is 4.90 Å². The van der Waals surface area contributed by atoms with Crippen LogP contribution in [0.3, 0.4) is 0 Å². The highest BCUT2D eigenvalue weighted by molar-refractivity contribution is 7.15. The Morgan fingerprint density at radius 3 is 2.72 bits per heavy atom. The quantitative estimate of drug-likeness (QED) is 0.551. The highest BCUT2D eigenvalue weighted by Crippen LogP contribution is 2.41. The number of carbonyl (C=O) groups excluding carboxylic acids is 2. The van der Waals surface area contributed by atoms with E-state index in [-0.39, 0.29) is 11.8 Å². The fourth-order valence-corrected chi connectivity index (χ4v) is 5.07. The van der Waals surface area contributed by atoms with E-state index in [0.717, 1.165) is 46.8 Å². The molecule has 1 aromatic carbocycles. The highest BCUT2D eigenvalue weighted by atomic mass is 32.1. The summed E-state index contributed by atoms with van der Waals surface area (Å²) in [6.07, 6.45) is 5.64. The third kappa shape index (κ3) is 4.11. The van der Waals surface area contributed by atoms with Crippen LogP contribution < -0.4 is 0 Å². The minimum atomic E-state index is -0.360. The van der Waals surface area contributed by atoms with E-state index in [1.54, 1.807) is 13.0 Å². The van der Waals surface area contributed by atoms with E-state index >= 15 is 0 Å². The van der Waals surface area contributed by atoms with Gasteiger partial charge >= 0.3 is 5.97 Å². The molecule has 1 saturated heterocycles. The molecule has 0 saturated carbocycles. The van der Waals surface area contributed by atoms with Crippen LogP contribution in [0.2, 0.25) is 0 Å². The lowest BCUT2D eigenvalue weighted by molar-refractivity contribution is -0.137. The molecule has 0 radical (unpaired) electrons. The van der Waals surface area contributed by atoms with Crippen LogP contribution in [0.25, 0.3) is 11.6 Å². The minimum Gasteiger partial charge on any atom is -0.463 e. The summed E-state index contributed by atoms with van der Waals surface area (Å²) in [7, 11) is 2.15.